The molecule has 76 valence electrons. The van der Waals surface area contributed by atoms with Gasteiger partial charge in [0.25, 0.3) is 0 Å². The van der Waals surface area contributed by atoms with Crippen LogP contribution in [0.2, 0.25) is 0 Å². The van der Waals surface area contributed by atoms with E-state index >= 15 is 0 Å². The fourth-order valence-electron chi connectivity index (χ4n) is 1.67. The lowest BCUT2D eigenvalue weighted by atomic mass is 10.2. The van der Waals surface area contributed by atoms with Gasteiger partial charge in [-0.1, -0.05) is 18.9 Å². The molecule has 1 saturated carbocycles. The average molecular weight is 190 g/mol. The van der Waals surface area contributed by atoms with Gasteiger partial charge in [-0.25, -0.2) is 4.98 Å². The number of hydrogen-bond donors (Lipinski definition) is 1. The molecule has 1 fully saturated rings. The summed E-state index contributed by atoms with van der Waals surface area (Å²) in [4.78, 5) is 4.30. The van der Waals surface area contributed by atoms with Crippen LogP contribution in [0.25, 0.3) is 0 Å². The van der Waals surface area contributed by atoms with Crippen LogP contribution in [-0.4, -0.2) is 11.5 Å². The molecule has 0 saturated heterocycles. The summed E-state index contributed by atoms with van der Waals surface area (Å²) in [7, 11) is 0. The first-order valence-electron chi connectivity index (χ1n) is 5.52. The fraction of sp³-hybridized carbons (Fsp3) is 0.583. The standard InChI is InChI=1S/C12H18N2/c1-10-4-2-8-13-12(10)14-9-3-5-11-6-7-11/h2,4,8,11H,3,5-7,9H2,1H3,(H,13,14). The number of hydrogen-bond acceptors (Lipinski definition) is 2. The van der Waals surface area contributed by atoms with Crippen molar-refractivity contribution in [1.82, 2.24) is 4.98 Å². The lowest BCUT2D eigenvalue weighted by molar-refractivity contribution is 0.686. The van der Waals surface area contributed by atoms with Gasteiger partial charge in [-0.3, -0.25) is 0 Å². The smallest absolute Gasteiger partial charge is 0.128 e. The first kappa shape index (κ1) is 9.50. The van der Waals surface area contributed by atoms with Crippen molar-refractivity contribution in [2.75, 3.05) is 11.9 Å². The van der Waals surface area contributed by atoms with Crippen molar-refractivity contribution >= 4 is 5.82 Å². The maximum atomic E-state index is 4.30. The lowest BCUT2D eigenvalue weighted by Crippen LogP contribution is -2.04. The Hall–Kier alpha value is -1.05. The van der Waals surface area contributed by atoms with Crippen molar-refractivity contribution in [2.45, 2.75) is 32.6 Å². The molecule has 0 amide bonds. The lowest BCUT2D eigenvalue weighted by Gasteiger charge is -2.07. The predicted octanol–water partition coefficient (Wildman–Crippen LogP) is 2.99. The number of aromatic nitrogens is 1. The van der Waals surface area contributed by atoms with Gasteiger partial charge in [-0.15, -0.1) is 0 Å². The second-order valence-corrected chi connectivity index (χ2v) is 4.18. The van der Waals surface area contributed by atoms with E-state index in [2.05, 4.69) is 23.3 Å². The van der Waals surface area contributed by atoms with Crippen LogP contribution in [0.5, 0.6) is 0 Å². The van der Waals surface area contributed by atoms with Crippen LogP contribution in [0.3, 0.4) is 0 Å². The topological polar surface area (TPSA) is 24.9 Å². The quantitative estimate of drug-likeness (QED) is 0.722. The highest BCUT2D eigenvalue weighted by molar-refractivity contribution is 5.42. The Morgan fingerprint density at radius 1 is 1.50 bits per heavy atom. The number of anilines is 1. The van der Waals surface area contributed by atoms with Crippen molar-refractivity contribution in [2.24, 2.45) is 5.92 Å². The minimum atomic E-state index is 1.04. The molecule has 0 unspecified atom stereocenters. The molecule has 0 atom stereocenters. The second kappa shape index (κ2) is 4.45. The Morgan fingerprint density at radius 3 is 3.07 bits per heavy atom. The van der Waals surface area contributed by atoms with Crippen LogP contribution in [-0.2, 0) is 0 Å². The van der Waals surface area contributed by atoms with Gasteiger partial charge in [0, 0.05) is 12.7 Å². The zero-order valence-corrected chi connectivity index (χ0v) is 8.79. The highest BCUT2D eigenvalue weighted by Gasteiger charge is 2.19. The van der Waals surface area contributed by atoms with Crippen molar-refractivity contribution in [3.63, 3.8) is 0 Å². The maximum Gasteiger partial charge on any atom is 0.128 e. The summed E-state index contributed by atoms with van der Waals surface area (Å²) < 4.78 is 0. The fourth-order valence-corrected chi connectivity index (χ4v) is 1.67. The summed E-state index contributed by atoms with van der Waals surface area (Å²) >= 11 is 0. The first-order chi connectivity index (χ1) is 6.86. The molecule has 0 aromatic carbocycles. The average Bonchev–Trinajstić information content (AvgIpc) is 2.99. The zero-order valence-electron chi connectivity index (χ0n) is 8.79. The van der Waals surface area contributed by atoms with Crippen molar-refractivity contribution in [1.29, 1.82) is 0 Å². The third-order valence-electron chi connectivity index (χ3n) is 2.79. The van der Waals surface area contributed by atoms with E-state index in [1.165, 1.54) is 31.2 Å². The molecule has 0 radical (unpaired) electrons. The maximum absolute atomic E-state index is 4.30. The van der Waals surface area contributed by atoms with Crippen LogP contribution >= 0.6 is 0 Å². The van der Waals surface area contributed by atoms with Gasteiger partial charge in [-0.2, -0.15) is 0 Å². The van der Waals surface area contributed by atoms with E-state index < -0.39 is 0 Å². The number of nitrogens with one attached hydrogen (secondary N) is 1. The Labute approximate surface area is 85.7 Å². The molecule has 1 N–H and O–H groups in total. The summed E-state index contributed by atoms with van der Waals surface area (Å²) in [5.74, 6) is 2.09. The summed E-state index contributed by atoms with van der Waals surface area (Å²) in [6, 6.07) is 4.07. The Morgan fingerprint density at radius 2 is 2.36 bits per heavy atom. The molecule has 1 aliphatic rings. The number of rotatable bonds is 5. The van der Waals surface area contributed by atoms with Crippen LogP contribution in [0.4, 0.5) is 5.82 Å². The van der Waals surface area contributed by atoms with Gasteiger partial charge in [0.2, 0.25) is 0 Å². The van der Waals surface area contributed by atoms with E-state index in [1.54, 1.807) is 0 Å². The molecule has 1 heterocycles. The molecule has 2 heteroatoms. The van der Waals surface area contributed by atoms with E-state index in [-0.39, 0.29) is 0 Å². The zero-order chi connectivity index (χ0) is 9.80. The van der Waals surface area contributed by atoms with Gasteiger partial charge in [0.05, 0.1) is 0 Å². The molecule has 1 aromatic heterocycles. The van der Waals surface area contributed by atoms with Gasteiger partial charge in [-0.05, 0) is 37.3 Å². The van der Waals surface area contributed by atoms with Gasteiger partial charge >= 0.3 is 0 Å². The van der Waals surface area contributed by atoms with Crippen LogP contribution in [0.15, 0.2) is 18.3 Å². The minimum absolute atomic E-state index is 1.04. The van der Waals surface area contributed by atoms with Crippen molar-refractivity contribution in [3.05, 3.63) is 23.9 Å². The van der Waals surface area contributed by atoms with Crippen molar-refractivity contribution < 1.29 is 0 Å². The highest BCUT2D eigenvalue weighted by Crippen LogP contribution is 2.33. The van der Waals surface area contributed by atoms with Crippen molar-refractivity contribution in [3.8, 4) is 0 Å². The van der Waals surface area contributed by atoms with Gasteiger partial charge < -0.3 is 5.32 Å². The van der Waals surface area contributed by atoms with Gasteiger partial charge in [0.1, 0.15) is 5.82 Å². The largest absolute Gasteiger partial charge is 0.370 e. The van der Waals surface area contributed by atoms with E-state index in [0.29, 0.717) is 0 Å². The first-order valence-corrected chi connectivity index (χ1v) is 5.52. The van der Waals surface area contributed by atoms with E-state index in [9.17, 15) is 0 Å². The normalized spacial score (nSPS) is 15.5. The molecule has 0 bridgehead atoms. The Bertz CT molecular complexity index is 292. The highest BCUT2D eigenvalue weighted by atomic mass is 15.0. The second-order valence-electron chi connectivity index (χ2n) is 4.18. The summed E-state index contributed by atoms with van der Waals surface area (Å²) in [5.41, 5.74) is 1.24. The minimum Gasteiger partial charge on any atom is -0.370 e. The van der Waals surface area contributed by atoms with Crippen LogP contribution in [0, 0.1) is 12.8 Å². The van der Waals surface area contributed by atoms with Crippen LogP contribution < -0.4 is 5.32 Å². The SMILES string of the molecule is Cc1cccnc1NCCCC1CC1. The summed E-state index contributed by atoms with van der Waals surface area (Å²) in [6.07, 6.45) is 7.43. The Balaban J connectivity index is 1.71. The van der Waals surface area contributed by atoms with Crippen LogP contribution in [0.1, 0.15) is 31.2 Å². The molecule has 0 aliphatic heterocycles. The third kappa shape index (κ3) is 2.72. The molecule has 1 aromatic rings. The number of pyridine rings is 1. The monoisotopic (exact) mass is 190 g/mol. The predicted molar refractivity (Wildman–Crippen MR) is 59.4 cm³/mol. The third-order valence-corrected chi connectivity index (χ3v) is 2.79. The summed E-state index contributed by atoms with van der Waals surface area (Å²) in [5, 5.41) is 3.38. The molecule has 14 heavy (non-hydrogen) atoms. The summed E-state index contributed by atoms with van der Waals surface area (Å²) in [6.45, 7) is 3.16. The Kier molecular flexibility index (Phi) is 3.02. The van der Waals surface area contributed by atoms with E-state index in [0.717, 1.165) is 18.3 Å². The molecule has 2 rings (SSSR count). The molecular formula is C12H18N2. The molecule has 0 spiro atoms. The number of aryl methyl sites for hydroxylation is 1. The molecular weight excluding hydrogens is 172 g/mol. The molecule has 1 aliphatic carbocycles. The number of nitrogens with zero attached hydrogens (tertiary/aromatic N) is 1. The van der Waals surface area contributed by atoms with Gasteiger partial charge in [0.15, 0.2) is 0 Å². The van der Waals surface area contributed by atoms with E-state index in [1.807, 2.05) is 12.3 Å². The molecule has 2 nitrogen and oxygen atoms in total. The van der Waals surface area contributed by atoms with E-state index in [4.69, 9.17) is 0 Å².